The second-order valence-corrected chi connectivity index (χ2v) is 5.23. The lowest BCUT2D eigenvalue weighted by Crippen LogP contribution is -2.51. The molecule has 0 radical (unpaired) electrons. The molecule has 11 heteroatoms. The van der Waals surface area contributed by atoms with E-state index in [1.165, 1.54) is 0 Å². The van der Waals surface area contributed by atoms with Gasteiger partial charge in [0.15, 0.2) is 0 Å². The minimum Gasteiger partial charge on any atom is -0.417 e. The van der Waals surface area contributed by atoms with Gasteiger partial charge in [0.1, 0.15) is 5.82 Å². The van der Waals surface area contributed by atoms with Crippen molar-refractivity contribution in [3.05, 3.63) is 23.6 Å². The summed E-state index contributed by atoms with van der Waals surface area (Å²) < 4.78 is 78.5. The van der Waals surface area contributed by atoms with E-state index in [2.05, 4.69) is 20.4 Å². The fourth-order valence-electron chi connectivity index (χ4n) is 2.16. The highest BCUT2D eigenvalue weighted by atomic mass is 19.4. The predicted molar refractivity (Wildman–Crippen MR) is 73.0 cm³/mol. The molecule has 2 amide bonds. The second-order valence-electron chi connectivity index (χ2n) is 5.23. The van der Waals surface area contributed by atoms with E-state index in [1.54, 1.807) is 0 Å². The van der Waals surface area contributed by atoms with Crippen molar-refractivity contribution in [1.82, 2.24) is 15.6 Å². The van der Waals surface area contributed by atoms with Crippen molar-refractivity contribution in [3.8, 4) is 5.88 Å². The topological polar surface area (TPSA) is 63.2 Å². The van der Waals surface area contributed by atoms with Gasteiger partial charge in [-0.1, -0.05) is 0 Å². The van der Waals surface area contributed by atoms with Gasteiger partial charge in [0.05, 0.1) is 12.1 Å². The molecule has 0 bridgehead atoms. The molecule has 0 aliphatic heterocycles. The van der Waals surface area contributed by atoms with Gasteiger partial charge in [-0.15, -0.1) is 0 Å². The van der Waals surface area contributed by atoms with Gasteiger partial charge in [-0.3, -0.25) is 0 Å². The van der Waals surface area contributed by atoms with Gasteiger partial charge in [0.25, 0.3) is 0 Å². The van der Waals surface area contributed by atoms with Crippen molar-refractivity contribution in [2.45, 2.75) is 38.2 Å². The van der Waals surface area contributed by atoms with Crippen LogP contribution in [-0.4, -0.2) is 29.8 Å². The number of carbonyl (C=O) groups excluding carboxylic acids is 1. The van der Waals surface area contributed by atoms with E-state index in [1.807, 2.05) is 0 Å². The number of nitrogens with one attached hydrogen (secondary N) is 2. The van der Waals surface area contributed by atoms with Crippen LogP contribution >= 0.6 is 0 Å². The summed E-state index contributed by atoms with van der Waals surface area (Å²) in [7, 11) is 0. The molecule has 0 atom stereocenters. The SMILES string of the molecule is O=C(NCc1cc(OC(F)F)ncc1F)NC1CC(C(F)(F)F)C1.[HH].[HH]. The molecule has 1 fully saturated rings. The first-order chi connectivity index (χ1) is 11.1. The Hall–Kier alpha value is -2.20. The molecule has 1 aliphatic rings. The summed E-state index contributed by atoms with van der Waals surface area (Å²) in [5.41, 5.74) is -0.155. The van der Waals surface area contributed by atoms with Crippen molar-refractivity contribution in [2.24, 2.45) is 5.92 Å². The monoisotopic (exact) mass is 361 g/mol. The molecule has 0 spiro atoms. The van der Waals surface area contributed by atoms with Crippen LogP contribution in [0.4, 0.5) is 31.1 Å². The summed E-state index contributed by atoms with van der Waals surface area (Å²) in [6, 6.07) is -0.505. The van der Waals surface area contributed by atoms with E-state index in [4.69, 9.17) is 0 Å². The Morgan fingerprint density at radius 2 is 2.08 bits per heavy atom. The largest absolute Gasteiger partial charge is 0.417 e. The molecule has 1 aliphatic carbocycles. The minimum atomic E-state index is -4.28. The fourth-order valence-corrected chi connectivity index (χ4v) is 2.16. The van der Waals surface area contributed by atoms with Gasteiger partial charge in [-0.2, -0.15) is 22.0 Å². The first kappa shape index (κ1) is 18.1. The zero-order valence-corrected chi connectivity index (χ0v) is 12.0. The molecule has 2 rings (SSSR count). The van der Waals surface area contributed by atoms with Gasteiger partial charge in [0, 0.05) is 27.1 Å². The Bertz CT molecular complexity index is 600. The molecule has 1 heterocycles. The number of hydrogen-bond donors (Lipinski definition) is 2. The van der Waals surface area contributed by atoms with Crippen LogP contribution in [0.1, 0.15) is 21.3 Å². The predicted octanol–water partition coefficient (Wildman–Crippen LogP) is 3.45. The highest BCUT2D eigenvalue weighted by Crippen LogP contribution is 2.40. The molecule has 1 aromatic rings. The van der Waals surface area contributed by atoms with Crippen LogP contribution in [0.2, 0.25) is 0 Å². The number of carbonyl (C=O) groups is 1. The summed E-state index contributed by atoms with van der Waals surface area (Å²) in [4.78, 5) is 14.9. The number of ether oxygens (including phenoxy) is 1. The Morgan fingerprint density at radius 1 is 1.42 bits per heavy atom. The molecule has 0 unspecified atom stereocenters. The number of rotatable bonds is 5. The van der Waals surface area contributed by atoms with Crippen LogP contribution in [0, 0.1) is 11.7 Å². The number of alkyl halides is 5. The molecule has 0 saturated heterocycles. The lowest BCUT2D eigenvalue weighted by atomic mass is 9.80. The summed E-state index contributed by atoms with van der Waals surface area (Å²) >= 11 is 0. The van der Waals surface area contributed by atoms with Gasteiger partial charge in [0.2, 0.25) is 5.88 Å². The summed E-state index contributed by atoms with van der Waals surface area (Å²) in [6.07, 6.45) is -4.05. The molecule has 5 nitrogen and oxygen atoms in total. The zero-order valence-electron chi connectivity index (χ0n) is 12.0. The standard InChI is InChI=1S/C13H13F6N3O2.2H2/c14-9-5-20-10(24-11(15)16)1-6(9)4-21-12(23)22-8-2-7(3-8)13(17,18)19;;/h1,5,7-8,11H,2-4H2,(H2,21,22,23);2*1H. The number of amides is 2. The molecule has 1 saturated carbocycles. The zero-order chi connectivity index (χ0) is 17.9. The maximum atomic E-state index is 13.5. The molecule has 138 valence electrons. The first-order valence-electron chi connectivity index (χ1n) is 6.85. The number of nitrogens with zero attached hydrogens (tertiary/aromatic N) is 1. The summed E-state index contributed by atoms with van der Waals surface area (Å²) in [6.45, 7) is -3.50. The van der Waals surface area contributed by atoms with Gasteiger partial charge in [-0.05, 0) is 12.8 Å². The maximum absolute atomic E-state index is 13.5. The van der Waals surface area contributed by atoms with Crippen LogP contribution in [-0.2, 0) is 6.54 Å². The highest BCUT2D eigenvalue weighted by Gasteiger charge is 2.48. The molecular weight excluding hydrogens is 344 g/mol. The molecule has 0 aromatic carbocycles. The minimum absolute atomic E-state index is 0. The average Bonchev–Trinajstić information content (AvgIpc) is 2.41. The third-order valence-electron chi connectivity index (χ3n) is 3.50. The summed E-state index contributed by atoms with van der Waals surface area (Å²) in [5, 5.41) is 4.55. The summed E-state index contributed by atoms with van der Waals surface area (Å²) in [5.74, 6) is -2.80. The van der Waals surface area contributed by atoms with Crippen molar-refractivity contribution < 1.29 is 38.7 Å². The van der Waals surface area contributed by atoms with E-state index < -0.39 is 42.5 Å². The van der Waals surface area contributed by atoms with Gasteiger partial charge >= 0.3 is 18.8 Å². The highest BCUT2D eigenvalue weighted by molar-refractivity contribution is 5.74. The van der Waals surface area contributed by atoms with Crippen molar-refractivity contribution in [3.63, 3.8) is 0 Å². The first-order valence-corrected chi connectivity index (χ1v) is 6.85. The Morgan fingerprint density at radius 3 is 2.67 bits per heavy atom. The van der Waals surface area contributed by atoms with E-state index in [0.29, 0.717) is 6.20 Å². The van der Waals surface area contributed by atoms with Crippen molar-refractivity contribution in [2.75, 3.05) is 0 Å². The smallest absolute Gasteiger partial charge is 0.391 e. The van der Waals surface area contributed by atoms with E-state index in [-0.39, 0.29) is 27.8 Å². The quantitative estimate of drug-likeness (QED) is 0.790. The lowest BCUT2D eigenvalue weighted by Gasteiger charge is -2.36. The van der Waals surface area contributed by atoms with Crippen LogP contribution in [0.5, 0.6) is 5.88 Å². The van der Waals surface area contributed by atoms with Crippen LogP contribution < -0.4 is 15.4 Å². The Balaban J connectivity index is 0.00000312. The number of pyridine rings is 1. The van der Waals surface area contributed by atoms with Crippen LogP contribution in [0.25, 0.3) is 0 Å². The lowest BCUT2D eigenvalue weighted by molar-refractivity contribution is -0.198. The van der Waals surface area contributed by atoms with Crippen LogP contribution in [0.15, 0.2) is 12.3 Å². The Kier molecular flexibility index (Phi) is 5.40. The van der Waals surface area contributed by atoms with Gasteiger partial charge in [-0.25, -0.2) is 14.2 Å². The van der Waals surface area contributed by atoms with E-state index in [0.717, 1.165) is 6.07 Å². The third-order valence-corrected chi connectivity index (χ3v) is 3.50. The Labute approximate surface area is 135 Å². The molecule has 24 heavy (non-hydrogen) atoms. The number of urea groups is 1. The van der Waals surface area contributed by atoms with Gasteiger partial charge < -0.3 is 15.4 Å². The fraction of sp³-hybridized carbons (Fsp3) is 0.538. The van der Waals surface area contributed by atoms with E-state index >= 15 is 0 Å². The second kappa shape index (κ2) is 7.14. The van der Waals surface area contributed by atoms with Crippen molar-refractivity contribution in [1.29, 1.82) is 0 Å². The van der Waals surface area contributed by atoms with Crippen LogP contribution in [0.3, 0.4) is 0 Å². The molecule has 2 N–H and O–H groups in total. The molecular formula is C13H17F6N3O2. The van der Waals surface area contributed by atoms with E-state index in [9.17, 15) is 31.1 Å². The maximum Gasteiger partial charge on any atom is 0.391 e. The molecule has 1 aromatic heterocycles. The third kappa shape index (κ3) is 4.90. The normalized spacial score (nSPS) is 20.5. The van der Waals surface area contributed by atoms with Crippen molar-refractivity contribution >= 4 is 6.03 Å². The number of halogens is 6. The average molecular weight is 361 g/mol. The number of hydrogen-bond acceptors (Lipinski definition) is 3. The number of aromatic nitrogens is 1.